The molecule has 0 aliphatic heterocycles. The molecule has 1 aliphatic rings. The molecule has 0 N–H and O–H groups in total. The zero-order chi connectivity index (χ0) is 11.5. The molecule has 0 saturated carbocycles. The second kappa shape index (κ2) is 4.60. The summed E-state index contributed by atoms with van der Waals surface area (Å²) in [6, 6.07) is 0. The van der Waals surface area contributed by atoms with Gasteiger partial charge in [-0.3, -0.25) is 9.22 Å². The molecule has 0 aromatic carbocycles. The van der Waals surface area contributed by atoms with E-state index in [-0.39, 0.29) is 11.9 Å². The second-order valence-corrected chi connectivity index (χ2v) is 4.42. The molecule has 3 nitrogen and oxygen atoms in total. The van der Waals surface area contributed by atoms with Gasteiger partial charge in [0.25, 0.3) is 7.11 Å². The number of ether oxygens (including phenoxy) is 1. The number of allylic oxidation sites excluding steroid dienone is 2. The first-order chi connectivity index (χ1) is 7.02. The van der Waals surface area contributed by atoms with E-state index in [1.54, 1.807) is 7.11 Å². The Morgan fingerprint density at radius 1 is 1.60 bits per heavy atom. The largest absolute Gasteiger partial charge is 0.469 e. The molecule has 0 fully saturated rings. The van der Waals surface area contributed by atoms with Gasteiger partial charge in [0.1, 0.15) is 0 Å². The van der Waals surface area contributed by atoms with Gasteiger partial charge in [0, 0.05) is 6.08 Å². The summed E-state index contributed by atoms with van der Waals surface area (Å²) in [5.41, 5.74) is -0.455. The molecule has 84 valence electrons. The molecule has 3 heteroatoms. The summed E-state index contributed by atoms with van der Waals surface area (Å²) < 4.78 is 10.0. The Hall–Kier alpha value is -1.12. The topological polar surface area (TPSA) is 37.6 Å². The first-order valence-electron chi connectivity index (χ1n) is 5.17. The number of rotatable bonds is 2. The molecular formula is C12H19O3+. The fourth-order valence-electron chi connectivity index (χ4n) is 1.89. The minimum Gasteiger partial charge on any atom is -0.469 e. The fraction of sp³-hybridized carbons (Fsp3) is 0.667. The predicted molar refractivity (Wildman–Crippen MR) is 58.6 cm³/mol. The van der Waals surface area contributed by atoms with Gasteiger partial charge >= 0.3 is 11.8 Å². The van der Waals surface area contributed by atoms with Crippen LogP contribution in [-0.4, -0.2) is 26.0 Å². The lowest BCUT2D eigenvalue weighted by molar-refractivity contribution is -0.420. The van der Waals surface area contributed by atoms with Crippen molar-refractivity contribution in [2.45, 2.75) is 26.7 Å². The molecule has 0 radical (unpaired) electrons. The van der Waals surface area contributed by atoms with Crippen molar-refractivity contribution < 1.29 is 14.0 Å². The Bertz CT molecular complexity index is 300. The van der Waals surface area contributed by atoms with Gasteiger partial charge in [-0.25, -0.2) is 0 Å². The number of hydrogen-bond acceptors (Lipinski definition) is 2. The van der Waals surface area contributed by atoms with Crippen LogP contribution in [-0.2, 0) is 14.0 Å². The Balaban J connectivity index is 2.81. The van der Waals surface area contributed by atoms with Gasteiger partial charge in [-0.1, -0.05) is 6.08 Å². The van der Waals surface area contributed by atoms with E-state index in [0.717, 1.165) is 18.6 Å². The lowest BCUT2D eigenvalue weighted by Gasteiger charge is -2.30. The first-order valence-corrected chi connectivity index (χ1v) is 5.17. The van der Waals surface area contributed by atoms with Crippen molar-refractivity contribution in [3.8, 4) is 0 Å². The van der Waals surface area contributed by atoms with Crippen molar-refractivity contribution >= 4 is 11.8 Å². The van der Waals surface area contributed by atoms with E-state index in [1.807, 2.05) is 19.9 Å². The van der Waals surface area contributed by atoms with Gasteiger partial charge in [-0.2, -0.15) is 0 Å². The van der Waals surface area contributed by atoms with Crippen LogP contribution >= 0.6 is 0 Å². The molecular weight excluding hydrogens is 192 g/mol. The minimum absolute atomic E-state index is 0.154. The molecule has 0 aromatic rings. The van der Waals surface area contributed by atoms with Gasteiger partial charge in [0.05, 0.1) is 18.9 Å². The zero-order valence-corrected chi connectivity index (χ0v) is 9.87. The predicted octanol–water partition coefficient (Wildman–Crippen LogP) is 1.89. The average Bonchev–Trinajstić information content (AvgIpc) is 2.27. The fourth-order valence-corrected chi connectivity index (χ4v) is 1.89. The van der Waals surface area contributed by atoms with Crippen molar-refractivity contribution in [3.63, 3.8) is 0 Å². The summed E-state index contributed by atoms with van der Waals surface area (Å²) >= 11 is 0. The number of carbonyl (C=O) groups excluding carboxylic acids is 2. The Kier molecular flexibility index (Phi) is 3.66. The minimum atomic E-state index is -0.455. The summed E-state index contributed by atoms with van der Waals surface area (Å²) in [5.74, 6) is 1.03. The van der Waals surface area contributed by atoms with Crippen LogP contribution in [0.25, 0.3) is 0 Å². The van der Waals surface area contributed by atoms with E-state index < -0.39 is 5.41 Å². The van der Waals surface area contributed by atoms with Gasteiger partial charge in [0.2, 0.25) is 0 Å². The van der Waals surface area contributed by atoms with Gasteiger partial charge < -0.3 is 4.74 Å². The van der Waals surface area contributed by atoms with E-state index >= 15 is 0 Å². The maximum Gasteiger partial charge on any atom is 0.319 e. The molecule has 1 unspecified atom stereocenters. The lowest BCUT2D eigenvalue weighted by Crippen LogP contribution is -2.36. The molecule has 0 saturated heterocycles. The number of esters is 1. The third kappa shape index (κ3) is 2.46. The van der Waals surface area contributed by atoms with Gasteiger partial charge in [-0.15, -0.1) is 0 Å². The SMILES string of the molecule is COC(=O)C(C)(C)C1CC=CC(=[O+]C)C1. The molecule has 15 heavy (non-hydrogen) atoms. The Labute approximate surface area is 90.8 Å². The van der Waals surface area contributed by atoms with E-state index in [2.05, 4.69) is 6.08 Å². The van der Waals surface area contributed by atoms with Crippen LogP contribution in [0.15, 0.2) is 12.2 Å². The molecule has 1 rings (SSSR count). The van der Waals surface area contributed by atoms with E-state index in [1.165, 1.54) is 7.11 Å². The molecule has 0 aromatic heterocycles. The smallest absolute Gasteiger partial charge is 0.319 e. The van der Waals surface area contributed by atoms with Crippen LogP contribution in [0.1, 0.15) is 26.7 Å². The third-order valence-electron chi connectivity index (χ3n) is 3.17. The normalized spacial score (nSPS) is 24.3. The summed E-state index contributed by atoms with van der Waals surface area (Å²) in [5, 5.41) is 0. The maximum atomic E-state index is 11.6. The highest BCUT2D eigenvalue weighted by Gasteiger charge is 2.40. The van der Waals surface area contributed by atoms with Crippen LogP contribution in [0.2, 0.25) is 0 Å². The Morgan fingerprint density at radius 2 is 2.27 bits per heavy atom. The van der Waals surface area contributed by atoms with Crippen molar-refractivity contribution in [2.75, 3.05) is 14.2 Å². The van der Waals surface area contributed by atoms with E-state index in [4.69, 9.17) is 9.16 Å². The second-order valence-electron chi connectivity index (χ2n) is 4.42. The summed E-state index contributed by atoms with van der Waals surface area (Å²) in [6.07, 6.45) is 5.73. The maximum absolute atomic E-state index is 11.6. The van der Waals surface area contributed by atoms with Crippen LogP contribution in [0, 0.1) is 11.3 Å². The average molecular weight is 211 g/mol. The van der Waals surface area contributed by atoms with Crippen molar-refractivity contribution in [2.24, 2.45) is 11.3 Å². The number of methoxy groups -OCH3 is 1. The number of hydrogen-bond donors (Lipinski definition) is 0. The summed E-state index contributed by atoms with van der Waals surface area (Å²) in [4.78, 5) is 11.6. The molecule has 0 heterocycles. The zero-order valence-electron chi connectivity index (χ0n) is 9.87. The van der Waals surface area contributed by atoms with Crippen LogP contribution in [0.4, 0.5) is 0 Å². The highest BCUT2D eigenvalue weighted by Crippen LogP contribution is 2.35. The Morgan fingerprint density at radius 3 is 2.80 bits per heavy atom. The monoisotopic (exact) mass is 211 g/mol. The first kappa shape index (κ1) is 12.0. The highest BCUT2D eigenvalue weighted by molar-refractivity contribution is 5.91. The summed E-state index contributed by atoms with van der Waals surface area (Å²) in [7, 11) is 3.09. The molecule has 0 amide bonds. The molecule has 0 spiro atoms. The van der Waals surface area contributed by atoms with Crippen molar-refractivity contribution in [3.05, 3.63) is 12.2 Å². The quantitative estimate of drug-likeness (QED) is 0.516. The number of ketones is 1. The molecule has 1 atom stereocenters. The molecule has 1 aliphatic carbocycles. The molecule has 0 bridgehead atoms. The number of carbonyl (C=O) groups is 1. The van der Waals surface area contributed by atoms with Crippen molar-refractivity contribution in [1.82, 2.24) is 0 Å². The van der Waals surface area contributed by atoms with Crippen LogP contribution < -0.4 is 0 Å². The highest BCUT2D eigenvalue weighted by atomic mass is 16.5. The van der Waals surface area contributed by atoms with E-state index in [0.29, 0.717) is 0 Å². The van der Waals surface area contributed by atoms with Crippen molar-refractivity contribution in [1.29, 1.82) is 0 Å². The van der Waals surface area contributed by atoms with E-state index in [9.17, 15) is 4.79 Å². The van der Waals surface area contributed by atoms with Gasteiger partial charge in [0.15, 0.2) is 0 Å². The lowest BCUT2D eigenvalue weighted by atomic mass is 9.72. The van der Waals surface area contributed by atoms with Crippen LogP contribution in [0.3, 0.4) is 0 Å². The summed E-state index contributed by atoms with van der Waals surface area (Å²) in [6.45, 7) is 3.85. The standard InChI is InChI=1S/C12H19O3/c1-12(2,11(13)15-4)9-6-5-7-10(8-9)14-3/h5,7,9H,6,8H2,1-4H3/q+1. The van der Waals surface area contributed by atoms with Crippen LogP contribution in [0.5, 0.6) is 0 Å². The third-order valence-corrected chi connectivity index (χ3v) is 3.17. The van der Waals surface area contributed by atoms with Gasteiger partial charge in [-0.05, 0) is 26.2 Å².